The fraction of sp³-hybridized carbons (Fsp3) is 0.200. The lowest BCUT2D eigenvalue weighted by Gasteiger charge is -2.16. The molecule has 3 aromatic carbocycles. The first-order chi connectivity index (χ1) is 14.3. The Bertz CT molecular complexity index is 1040. The maximum Gasteiger partial charge on any atom is 0.352 e. The van der Waals surface area contributed by atoms with E-state index < -0.39 is 12.1 Å². The molecule has 3 aromatic rings. The lowest BCUT2D eigenvalue weighted by Crippen LogP contribution is -2.28. The van der Waals surface area contributed by atoms with Crippen molar-refractivity contribution in [3.63, 3.8) is 0 Å². The number of nitrogens with one attached hydrogen (secondary N) is 1. The molecule has 0 saturated heterocycles. The molecule has 5 nitrogen and oxygen atoms in total. The summed E-state index contributed by atoms with van der Waals surface area (Å²) in [4.78, 5) is 24.7. The molecule has 1 amide bonds. The molecule has 154 valence electrons. The maximum absolute atomic E-state index is 12.4. The van der Waals surface area contributed by atoms with E-state index in [4.69, 9.17) is 9.47 Å². The van der Waals surface area contributed by atoms with E-state index in [1.165, 1.54) is 0 Å². The molecule has 1 unspecified atom stereocenters. The van der Waals surface area contributed by atoms with E-state index >= 15 is 0 Å². The number of amides is 1. The minimum atomic E-state index is -0.769. The van der Waals surface area contributed by atoms with Crippen LogP contribution in [0.1, 0.15) is 34.0 Å². The van der Waals surface area contributed by atoms with E-state index in [0.717, 1.165) is 22.4 Å². The molecule has 0 spiro atoms. The zero-order valence-electron chi connectivity index (χ0n) is 17.6. The van der Waals surface area contributed by atoms with Crippen LogP contribution < -0.4 is 14.8 Å². The first-order valence-corrected chi connectivity index (χ1v) is 9.75. The Morgan fingerprint density at radius 3 is 2.13 bits per heavy atom. The highest BCUT2D eigenvalue weighted by atomic mass is 16.6. The van der Waals surface area contributed by atoms with Gasteiger partial charge in [-0.25, -0.2) is 4.79 Å². The summed E-state index contributed by atoms with van der Waals surface area (Å²) in [5.41, 5.74) is 4.31. The van der Waals surface area contributed by atoms with Gasteiger partial charge in [-0.1, -0.05) is 29.8 Å². The van der Waals surface area contributed by atoms with Crippen molar-refractivity contribution < 1.29 is 19.1 Å². The van der Waals surface area contributed by atoms with Gasteiger partial charge in [-0.2, -0.15) is 0 Å². The van der Waals surface area contributed by atoms with Crippen molar-refractivity contribution in [3.05, 3.63) is 89.0 Å². The monoisotopic (exact) mass is 403 g/mol. The van der Waals surface area contributed by atoms with Gasteiger partial charge in [0, 0.05) is 11.3 Å². The van der Waals surface area contributed by atoms with Crippen molar-refractivity contribution in [2.24, 2.45) is 0 Å². The smallest absolute Gasteiger partial charge is 0.352 e. The van der Waals surface area contributed by atoms with Crippen molar-refractivity contribution >= 4 is 17.6 Å². The molecular formula is C25H25NO4. The van der Waals surface area contributed by atoms with Crippen LogP contribution >= 0.6 is 0 Å². The van der Waals surface area contributed by atoms with Crippen molar-refractivity contribution in [2.75, 3.05) is 5.32 Å². The molecule has 3 rings (SSSR count). The number of anilines is 1. The predicted octanol–water partition coefficient (Wildman–Crippen LogP) is 5.24. The van der Waals surface area contributed by atoms with Crippen LogP contribution in [0, 0.1) is 20.8 Å². The number of hydrogen-bond donors (Lipinski definition) is 1. The van der Waals surface area contributed by atoms with E-state index in [0.29, 0.717) is 17.1 Å². The normalized spacial score (nSPS) is 11.5. The summed E-state index contributed by atoms with van der Waals surface area (Å²) in [6.45, 7) is 7.52. The molecule has 0 radical (unpaired) electrons. The summed E-state index contributed by atoms with van der Waals surface area (Å²) >= 11 is 0. The molecule has 0 saturated carbocycles. The zero-order chi connectivity index (χ0) is 21.7. The summed E-state index contributed by atoms with van der Waals surface area (Å²) in [5, 5.41) is 2.83. The molecule has 0 heterocycles. The third-order valence-electron chi connectivity index (χ3n) is 4.62. The predicted molar refractivity (Wildman–Crippen MR) is 117 cm³/mol. The Kier molecular flexibility index (Phi) is 6.52. The average molecular weight is 403 g/mol. The third kappa shape index (κ3) is 5.47. The highest BCUT2D eigenvalue weighted by Crippen LogP contribution is 2.21. The highest BCUT2D eigenvalue weighted by molar-refractivity contribution is 6.04. The van der Waals surface area contributed by atoms with E-state index in [9.17, 15) is 9.59 Å². The van der Waals surface area contributed by atoms with Gasteiger partial charge in [-0.05, 0) is 81.3 Å². The van der Waals surface area contributed by atoms with Crippen LogP contribution in [0.25, 0.3) is 0 Å². The van der Waals surface area contributed by atoms with Gasteiger partial charge < -0.3 is 14.8 Å². The maximum atomic E-state index is 12.4. The van der Waals surface area contributed by atoms with Crippen molar-refractivity contribution in [2.45, 2.75) is 33.8 Å². The Balaban J connectivity index is 1.59. The van der Waals surface area contributed by atoms with Crippen LogP contribution in [0.3, 0.4) is 0 Å². The largest absolute Gasteiger partial charge is 0.479 e. The van der Waals surface area contributed by atoms with E-state index in [2.05, 4.69) is 5.32 Å². The first kappa shape index (κ1) is 21.1. The van der Waals surface area contributed by atoms with Crippen LogP contribution in [0.15, 0.2) is 66.7 Å². The fourth-order valence-electron chi connectivity index (χ4n) is 2.79. The molecule has 5 heteroatoms. The van der Waals surface area contributed by atoms with Gasteiger partial charge in [0.15, 0.2) is 6.10 Å². The number of esters is 1. The van der Waals surface area contributed by atoms with Gasteiger partial charge in [-0.15, -0.1) is 0 Å². The zero-order valence-corrected chi connectivity index (χ0v) is 17.6. The topological polar surface area (TPSA) is 64.6 Å². The molecule has 0 aliphatic heterocycles. The Labute approximate surface area is 176 Å². The first-order valence-electron chi connectivity index (χ1n) is 9.75. The second-order valence-electron chi connectivity index (χ2n) is 7.29. The molecule has 1 atom stereocenters. The number of hydrogen-bond acceptors (Lipinski definition) is 4. The molecular weight excluding hydrogens is 378 g/mol. The van der Waals surface area contributed by atoms with Gasteiger partial charge in [0.1, 0.15) is 11.5 Å². The minimum Gasteiger partial charge on any atom is -0.479 e. The lowest BCUT2D eigenvalue weighted by molar-refractivity contribution is -0.141. The van der Waals surface area contributed by atoms with Crippen LogP contribution in [0.5, 0.6) is 11.5 Å². The van der Waals surface area contributed by atoms with Gasteiger partial charge in [0.05, 0.1) is 0 Å². The SMILES string of the molecule is Cc1ccc(NC(=O)c2ccc(OC(=O)C(C)Oc3cc(C)ccc3C)cc2)cc1. The molecule has 0 aliphatic carbocycles. The van der Waals surface area contributed by atoms with Crippen molar-refractivity contribution in [1.82, 2.24) is 0 Å². The summed E-state index contributed by atoms with van der Waals surface area (Å²) in [6.07, 6.45) is -0.769. The number of carbonyl (C=O) groups is 2. The second-order valence-corrected chi connectivity index (χ2v) is 7.29. The lowest BCUT2D eigenvalue weighted by atomic mass is 10.1. The van der Waals surface area contributed by atoms with Crippen LogP contribution in [0.4, 0.5) is 5.69 Å². The standard InChI is InChI=1S/C25H25NO4/c1-16-6-11-21(12-7-16)26-24(27)20-9-13-22(14-10-20)30-25(28)19(4)29-23-15-17(2)5-8-18(23)3/h5-15,19H,1-4H3,(H,26,27). The summed E-state index contributed by atoms with van der Waals surface area (Å²) < 4.78 is 11.1. The van der Waals surface area contributed by atoms with Gasteiger partial charge in [-0.3, -0.25) is 4.79 Å². The van der Waals surface area contributed by atoms with Crippen LogP contribution in [-0.4, -0.2) is 18.0 Å². The Morgan fingerprint density at radius 2 is 1.47 bits per heavy atom. The summed E-state index contributed by atoms with van der Waals surface area (Å²) in [6, 6.07) is 19.8. The quantitative estimate of drug-likeness (QED) is 0.452. The molecule has 0 bridgehead atoms. The molecule has 30 heavy (non-hydrogen) atoms. The van der Waals surface area contributed by atoms with Gasteiger partial charge in [0.25, 0.3) is 5.91 Å². The molecule has 0 aliphatic rings. The minimum absolute atomic E-state index is 0.233. The number of aryl methyl sites for hydroxylation is 3. The number of benzene rings is 3. The fourth-order valence-corrected chi connectivity index (χ4v) is 2.79. The van der Waals surface area contributed by atoms with Gasteiger partial charge in [0.2, 0.25) is 0 Å². The molecule has 0 aromatic heterocycles. The number of ether oxygens (including phenoxy) is 2. The second kappa shape index (κ2) is 9.27. The van der Waals surface area contributed by atoms with E-state index in [-0.39, 0.29) is 5.91 Å². The molecule has 1 N–H and O–H groups in total. The Hall–Kier alpha value is -3.60. The summed E-state index contributed by atoms with van der Waals surface area (Å²) in [5.74, 6) is 0.266. The average Bonchev–Trinajstić information content (AvgIpc) is 2.72. The highest BCUT2D eigenvalue weighted by Gasteiger charge is 2.18. The number of rotatable bonds is 6. The van der Waals surface area contributed by atoms with Crippen molar-refractivity contribution in [3.8, 4) is 11.5 Å². The third-order valence-corrected chi connectivity index (χ3v) is 4.62. The van der Waals surface area contributed by atoms with Gasteiger partial charge >= 0.3 is 5.97 Å². The number of carbonyl (C=O) groups excluding carboxylic acids is 2. The van der Waals surface area contributed by atoms with Crippen molar-refractivity contribution in [1.29, 1.82) is 0 Å². The van der Waals surface area contributed by atoms with Crippen LogP contribution in [0.2, 0.25) is 0 Å². The van der Waals surface area contributed by atoms with E-state index in [1.54, 1.807) is 31.2 Å². The molecule has 0 fully saturated rings. The summed E-state index contributed by atoms with van der Waals surface area (Å²) in [7, 11) is 0. The van der Waals surface area contributed by atoms with Crippen LogP contribution in [-0.2, 0) is 4.79 Å². The Morgan fingerprint density at radius 1 is 0.833 bits per heavy atom. The van der Waals surface area contributed by atoms with E-state index in [1.807, 2.05) is 63.2 Å².